The molecule has 8 heteroatoms. The number of ether oxygens (including phenoxy) is 1. The molecule has 0 saturated carbocycles. The van der Waals surface area contributed by atoms with Crippen LogP contribution >= 0.6 is 0 Å². The molecule has 0 bridgehead atoms. The minimum absolute atomic E-state index is 0.0928. The van der Waals surface area contributed by atoms with Gasteiger partial charge in [0.05, 0.1) is 0 Å². The zero-order chi connectivity index (χ0) is 32.1. The molecule has 3 amide bonds. The molecule has 2 unspecified atom stereocenters. The number of phenols is 1. The SMILES string of the molecule is C=Cc1cccc(C(C(=O)NCc2ccccc2)N(CCCCC)C(=O)C(Cc2ccc(O)cc2)NC(=O)OC(C)(C)C)c1. The number of benzene rings is 3. The summed E-state index contributed by atoms with van der Waals surface area (Å²) in [4.78, 5) is 43.2. The van der Waals surface area contributed by atoms with Gasteiger partial charge in [-0.1, -0.05) is 93.1 Å². The molecule has 2 atom stereocenters. The number of amides is 3. The Bertz CT molecular complexity index is 1380. The summed E-state index contributed by atoms with van der Waals surface area (Å²) < 4.78 is 5.51. The standard InChI is InChI=1S/C36H45N3O5/c1-6-8-12-22-39(34(42)31(38-35(43)44-36(3,4)5)24-27-18-20-30(40)21-19-27)32(29-17-13-16-26(7-2)23-29)33(41)37-25-28-14-10-9-11-15-28/h7,9-11,13-21,23,31-32,40H,2,6,8,12,22,24-25H2,1,3-5H3,(H,37,41)(H,38,43). The molecule has 0 radical (unpaired) electrons. The van der Waals surface area contributed by atoms with Crippen LogP contribution in [-0.4, -0.2) is 46.1 Å². The molecular weight excluding hydrogens is 554 g/mol. The van der Waals surface area contributed by atoms with Gasteiger partial charge >= 0.3 is 6.09 Å². The van der Waals surface area contributed by atoms with E-state index < -0.39 is 29.7 Å². The van der Waals surface area contributed by atoms with Crippen LogP contribution in [0.15, 0.2) is 85.4 Å². The third-order valence-corrected chi connectivity index (χ3v) is 6.98. The molecule has 0 fully saturated rings. The quantitative estimate of drug-likeness (QED) is 0.182. The number of hydrogen-bond donors (Lipinski definition) is 3. The lowest BCUT2D eigenvalue weighted by molar-refractivity contribution is -0.142. The number of nitrogens with zero attached hydrogens (tertiary/aromatic N) is 1. The highest BCUT2D eigenvalue weighted by molar-refractivity contribution is 5.92. The van der Waals surface area contributed by atoms with Crippen LogP contribution in [0.4, 0.5) is 4.79 Å². The Morgan fingerprint density at radius 3 is 2.30 bits per heavy atom. The molecule has 3 rings (SSSR count). The highest BCUT2D eigenvalue weighted by Gasteiger charge is 2.36. The minimum atomic E-state index is -1.04. The van der Waals surface area contributed by atoms with Gasteiger partial charge in [0.1, 0.15) is 23.4 Å². The van der Waals surface area contributed by atoms with Crippen LogP contribution in [0.5, 0.6) is 5.75 Å². The fourth-order valence-electron chi connectivity index (χ4n) is 4.83. The van der Waals surface area contributed by atoms with Crippen molar-refractivity contribution in [3.63, 3.8) is 0 Å². The molecule has 0 aliphatic carbocycles. The number of rotatable bonds is 14. The molecule has 44 heavy (non-hydrogen) atoms. The Morgan fingerprint density at radius 1 is 0.955 bits per heavy atom. The predicted molar refractivity (Wildman–Crippen MR) is 174 cm³/mol. The average Bonchev–Trinajstić information content (AvgIpc) is 2.99. The summed E-state index contributed by atoms with van der Waals surface area (Å²) in [5, 5.41) is 15.6. The van der Waals surface area contributed by atoms with Crippen LogP contribution in [0, 0.1) is 0 Å². The van der Waals surface area contributed by atoms with Gasteiger partial charge in [-0.25, -0.2) is 4.79 Å². The van der Waals surface area contributed by atoms with Crippen LogP contribution in [0.2, 0.25) is 0 Å². The van der Waals surface area contributed by atoms with Gasteiger partial charge in [0.15, 0.2) is 0 Å². The van der Waals surface area contributed by atoms with Gasteiger partial charge in [0, 0.05) is 19.5 Å². The second-order valence-corrected chi connectivity index (χ2v) is 11.8. The van der Waals surface area contributed by atoms with Crippen LogP contribution in [0.3, 0.4) is 0 Å². The average molecular weight is 600 g/mol. The Hall–Kier alpha value is -4.59. The molecule has 3 aromatic rings. The molecule has 0 spiro atoms. The third kappa shape index (κ3) is 10.6. The summed E-state index contributed by atoms with van der Waals surface area (Å²) in [6.45, 7) is 11.8. The van der Waals surface area contributed by atoms with E-state index in [0.717, 1.165) is 29.5 Å². The number of hydrogen-bond acceptors (Lipinski definition) is 5. The van der Waals surface area contributed by atoms with Crippen LogP contribution in [0.1, 0.15) is 75.3 Å². The Balaban J connectivity index is 2.05. The van der Waals surface area contributed by atoms with E-state index in [4.69, 9.17) is 4.74 Å². The molecule has 8 nitrogen and oxygen atoms in total. The van der Waals surface area contributed by atoms with E-state index in [1.165, 1.54) is 12.1 Å². The van der Waals surface area contributed by atoms with Gasteiger partial charge in [-0.3, -0.25) is 9.59 Å². The largest absolute Gasteiger partial charge is 0.508 e. The Morgan fingerprint density at radius 2 is 1.66 bits per heavy atom. The Labute approximate surface area is 261 Å². The summed E-state index contributed by atoms with van der Waals surface area (Å²) in [6, 6.07) is 21.4. The second-order valence-electron chi connectivity index (χ2n) is 11.8. The maximum Gasteiger partial charge on any atom is 0.408 e. The summed E-state index contributed by atoms with van der Waals surface area (Å²) in [7, 11) is 0. The van der Waals surface area contributed by atoms with Gasteiger partial charge in [0.2, 0.25) is 11.8 Å². The van der Waals surface area contributed by atoms with Gasteiger partial charge in [-0.2, -0.15) is 0 Å². The van der Waals surface area contributed by atoms with Crippen molar-refractivity contribution in [2.75, 3.05) is 6.54 Å². The molecule has 0 aliphatic heterocycles. The summed E-state index contributed by atoms with van der Waals surface area (Å²) in [5.41, 5.74) is 2.34. The van der Waals surface area contributed by atoms with Crippen molar-refractivity contribution in [3.05, 3.63) is 108 Å². The number of aromatic hydroxyl groups is 1. The van der Waals surface area contributed by atoms with Crippen molar-refractivity contribution in [3.8, 4) is 5.75 Å². The number of unbranched alkanes of at least 4 members (excludes halogenated alkanes) is 2. The topological polar surface area (TPSA) is 108 Å². The van der Waals surface area contributed by atoms with Gasteiger partial charge in [0.25, 0.3) is 0 Å². The first-order chi connectivity index (χ1) is 21.0. The molecule has 3 aromatic carbocycles. The predicted octanol–water partition coefficient (Wildman–Crippen LogP) is 6.55. The zero-order valence-electron chi connectivity index (χ0n) is 26.2. The minimum Gasteiger partial charge on any atom is -0.508 e. The fourth-order valence-corrected chi connectivity index (χ4v) is 4.83. The molecule has 0 heterocycles. The van der Waals surface area contributed by atoms with E-state index >= 15 is 0 Å². The van der Waals surface area contributed by atoms with E-state index in [-0.39, 0.29) is 18.1 Å². The highest BCUT2D eigenvalue weighted by Crippen LogP contribution is 2.26. The highest BCUT2D eigenvalue weighted by atomic mass is 16.6. The second kappa shape index (κ2) is 16.3. The maximum absolute atomic E-state index is 14.6. The third-order valence-electron chi connectivity index (χ3n) is 6.98. The summed E-state index contributed by atoms with van der Waals surface area (Å²) >= 11 is 0. The molecule has 3 N–H and O–H groups in total. The lowest BCUT2D eigenvalue weighted by Gasteiger charge is -2.35. The first-order valence-electron chi connectivity index (χ1n) is 15.1. The molecule has 234 valence electrons. The van der Waals surface area contributed by atoms with E-state index in [9.17, 15) is 19.5 Å². The van der Waals surface area contributed by atoms with E-state index in [2.05, 4.69) is 24.1 Å². The van der Waals surface area contributed by atoms with Crippen molar-refractivity contribution in [2.24, 2.45) is 0 Å². The van der Waals surface area contributed by atoms with Gasteiger partial charge in [-0.05, 0) is 67.6 Å². The first-order valence-corrected chi connectivity index (χ1v) is 15.1. The van der Waals surface area contributed by atoms with Crippen molar-refractivity contribution in [2.45, 2.75) is 77.6 Å². The lowest BCUT2D eigenvalue weighted by atomic mass is 9.98. The zero-order valence-corrected chi connectivity index (χ0v) is 26.2. The number of carbonyl (C=O) groups is 3. The summed E-state index contributed by atoms with van der Waals surface area (Å²) in [6.07, 6.45) is 3.55. The van der Waals surface area contributed by atoms with Gasteiger partial charge in [-0.15, -0.1) is 0 Å². The smallest absolute Gasteiger partial charge is 0.408 e. The molecule has 0 aromatic heterocycles. The van der Waals surface area contributed by atoms with Gasteiger partial charge < -0.3 is 25.4 Å². The number of alkyl carbamates (subject to hydrolysis) is 1. The maximum atomic E-state index is 14.6. The number of nitrogens with one attached hydrogen (secondary N) is 2. The van der Waals surface area contributed by atoms with Crippen molar-refractivity contribution in [1.82, 2.24) is 15.5 Å². The fraction of sp³-hybridized carbons (Fsp3) is 0.361. The number of carbonyl (C=O) groups excluding carboxylic acids is 3. The summed E-state index contributed by atoms with van der Waals surface area (Å²) in [5.74, 6) is -0.653. The van der Waals surface area contributed by atoms with Crippen molar-refractivity contribution < 1.29 is 24.2 Å². The molecule has 0 aliphatic rings. The monoisotopic (exact) mass is 599 g/mol. The van der Waals surface area contributed by atoms with E-state index in [1.807, 2.05) is 54.6 Å². The molecular formula is C36H45N3O5. The lowest BCUT2D eigenvalue weighted by Crippen LogP contribution is -2.54. The van der Waals surface area contributed by atoms with E-state index in [0.29, 0.717) is 25.1 Å². The van der Waals surface area contributed by atoms with Crippen molar-refractivity contribution in [1.29, 1.82) is 0 Å². The normalized spacial score (nSPS) is 12.5. The number of phenolic OH excluding ortho intramolecular Hbond substituents is 1. The first kappa shape index (κ1) is 33.9. The van der Waals surface area contributed by atoms with Crippen LogP contribution < -0.4 is 10.6 Å². The van der Waals surface area contributed by atoms with Crippen molar-refractivity contribution >= 4 is 24.0 Å². The van der Waals surface area contributed by atoms with Crippen LogP contribution in [0.25, 0.3) is 6.08 Å². The van der Waals surface area contributed by atoms with E-state index in [1.54, 1.807) is 43.9 Å². The molecule has 0 saturated heterocycles. The van der Waals surface area contributed by atoms with Crippen LogP contribution in [-0.2, 0) is 27.3 Å². The Kier molecular flexibility index (Phi) is 12.6.